The molecule has 1 atom stereocenters. The van der Waals surface area contributed by atoms with E-state index in [1.807, 2.05) is 19.1 Å². The molecule has 104 valence electrons. The van der Waals surface area contributed by atoms with Crippen LogP contribution in [0.2, 0.25) is 5.02 Å². The molecule has 0 fully saturated rings. The second-order valence-corrected chi connectivity index (χ2v) is 5.22. The van der Waals surface area contributed by atoms with E-state index in [1.165, 1.54) is 0 Å². The summed E-state index contributed by atoms with van der Waals surface area (Å²) < 4.78 is 0. The number of anilines is 1. The zero-order valence-electron chi connectivity index (χ0n) is 11.1. The molecule has 0 aromatic heterocycles. The maximum Gasteiger partial charge on any atom is 0.165 e. The molecule has 0 bridgehead atoms. The molecule has 0 aliphatic rings. The number of hydrogen-bond donors (Lipinski definition) is 2. The van der Waals surface area contributed by atoms with Crippen LogP contribution in [0.4, 0.5) is 5.69 Å². The number of nitrogen functional groups attached to an aromatic ring is 1. The van der Waals surface area contributed by atoms with E-state index in [0.29, 0.717) is 21.8 Å². The minimum atomic E-state index is -0.956. The number of carbonyl (C=O) groups is 1. The number of nitrogens with two attached hydrogens (primary N) is 1. The first-order valence-corrected chi connectivity index (χ1v) is 6.68. The highest BCUT2D eigenvalue weighted by molar-refractivity contribution is 6.30. The van der Waals surface area contributed by atoms with Crippen molar-refractivity contribution in [1.29, 1.82) is 0 Å². The summed E-state index contributed by atoms with van der Waals surface area (Å²) in [6, 6.07) is 12.1. The molecule has 0 saturated heterocycles. The van der Waals surface area contributed by atoms with Crippen LogP contribution in [0.1, 0.15) is 34.0 Å². The Morgan fingerprint density at radius 2 is 1.90 bits per heavy atom. The third kappa shape index (κ3) is 3.38. The van der Waals surface area contributed by atoms with Crippen molar-refractivity contribution in [3.8, 4) is 0 Å². The molecule has 0 radical (unpaired) electrons. The highest BCUT2D eigenvalue weighted by Crippen LogP contribution is 2.27. The SMILES string of the molecule is Cc1ccc(C(=O)CC(O)c2cc(Cl)ccc2N)cc1. The van der Waals surface area contributed by atoms with E-state index in [2.05, 4.69) is 0 Å². The van der Waals surface area contributed by atoms with Gasteiger partial charge in [-0.1, -0.05) is 41.4 Å². The van der Waals surface area contributed by atoms with Crippen LogP contribution in [0.15, 0.2) is 42.5 Å². The Balaban J connectivity index is 2.15. The summed E-state index contributed by atoms with van der Waals surface area (Å²) in [6.45, 7) is 1.95. The van der Waals surface area contributed by atoms with Gasteiger partial charge in [0.05, 0.1) is 6.10 Å². The molecule has 0 saturated carbocycles. The van der Waals surface area contributed by atoms with Crippen LogP contribution < -0.4 is 5.73 Å². The summed E-state index contributed by atoms with van der Waals surface area (Å²) in [5.41, 5.74) is 8.37. The normalized spacial score (nSPS) is 12.2. The highest BCUT2D eigenvalue weighted by Gasteiger charge is 2.17. The third-order valence-electron chi connectivity index (χ3n) is 3.16. The van der Waals surface area contributed by atoms with Crippen molar-refractivity contribution in [3.63, 3.8) is 0 Å². The fourth-order valence-electron chi connectivity index (χ4n) is 1.98. The Morgan fingerprint density at radius 1 is 1.25 bits per heavy atom. The summed E-state index contributed by atoms with van der Waals surface area (Å²) in [7, 11) is 0. The topological polar surface area (TPSA) is 63.3 Å². The Hall–Kier alpha value is -1.84. The van der Waals surface area contributed by atoms with Gasteiger partial charge >= 0.3 is 0 Å². The first-order chi connectivity index (χ1) is 9.47. The number of halogens is 1. The lowest BCUT2D eigenvalue weighted by molar-refractivity contribution is 0.0881. The van der Waals surface area contributed by atoms with E-state index in [9.17, 15) is 9.90 Å². The molecule has 3 N–H and O–H groups in total. The van der Waals surface area contributed by atoms with Crippen molar-refractivity contribution in [2.24, 2.45) is 0 Å². The Labute approximate surface area is 123 Å². The number of ketones is 1. The van der Waals surface area contributed by atoms with E-state index >= 15 is 0 Å². The standard InChI is InChI=1S/C16H16ClNO2/c1-10-2-4-11(5-3-10)15(19)9-16(20)13-8-12(17)6-7-14(13)18/h2-8,16,20H,9,18H2,1H3. The van der Waals surface area contributed by atoms with Crippen molar-refractivity contribution in [2.75, 3.05) is 5.73 Å². The predicted molar refractivity (Wildman–Crippen MR) is 81.0 cm³/mol. The quantitative estimate of drug-likeness (QED) is 0.668. The summed E-state index contributed by atoms with van der Waals surface area (Å²) in [5, 5.41) is 10.6. The molecule has 2 aromatic carbocycles. The molecule has 0 spiro atoms. The van der Waals surface area contributed by atoms with Gasteiger partial charge in [-0.25, -0.2) is 0 Å². The number of carbonyl (C=O) groups excluding carboxylic acids is 1. The minimum absolute atomic E-state index is 0.0202. The van der Waals surface area contributed by atoms with Gasteiger partial charge in [-0.05, 0) is 25.1 Å². The third-order valence-corrected chi connectivity index (χ3v) is 3.40. The van der Waals surface area contributed by atoms with Crippen LogP contribution in [0.3, 0.4) is 0 Å². The molecule has 0 aliphatic carbocycles. The van der Waals surface area contributed by atoms with Crippen LogP contribution in [0.5, 0.6) is 0 Å². The number of hydrogen-bond acceptors (Lipinski definition) is 3. The van der Waals surface area contributed by atoms with E-state index in [-0.39, 0.29) is 12.2 Å². The second-order valence-electron chi connectivity index (χ2n) is 4.78. The van der Waals surface area contributed by atoms with Gasteiger partial charge < -0.3 is 10.8 Å². The van der Waals surface area contributed by atoms with Gasteiger partial charge in [0.1, 0.15) is 0 Å². The smallest absolute Gasteiger partial charge is 0.165 e. The number of aliphatic hydroxyl groups is 1. The zero-order chi connectivity index (χ0) is 14.7. The van der Waals surface area contributed by atoms with Gasteiger partial charge in [0.2, 0.25) is 0 Å². The lowest BCUT2D eigenvalue weighted by Crippen LogP contribution is -2.09. The summed E-state index contributed by atoms with van der Waals surface area (Å²) >= 11 is 5.88. The summed E-state index contributed by atoms with van der Waals surface area (Å²) in [5.74, 6) is -0.128. The van der Waals surface area contributed by atoms with E-state index in [4.69, 9.17) is 17.3 Å². The van der Waals surface area contributed by atoms with Crippen LogP contribution >= 0.6 is 11.6 Å². The molecule has 2 aromatic rings. The van der Waals surface area contributed by atoms with E-state index in [0.717, 1.165) is 5.56 Å². The molecule has 0 amide bonds. The maximum absolute atomic E-state index is 12.1. The number of rotatable bonds is 4. The molecule has 20 heavy (non-hydrogen) atoms. The lowest BCUT2D eigenvalue weighted by Gasteiger charge is -2.13. The Morgan fingerprint density at radius 3 is 2.55 bits per heavy atom. The monoisotopic (exact) mass is 289 g/mol. The van der Waals surface area contributed by atoms with Gasteiger partial charge in [0.25, 0.3) is 0 Å². The zero-order valence-corrected chi connectivity index (χ0v) is 11.9. The average molecular weight is 290 g/mol. The molecule has 0 aliphatic heterocycles. The summed E-state index contributed by atoms with van der Waals surface area (Å²) in [6.07, 6.45) is -0.976. The minimum Gasteiger partial charge on any atom is -0.398 e. The van der Waals surface area contributed by atoms with Crippen LogP contribution in [0, 0.1) is 6.92 Å². The first-order valence-electron chi connectivity index (χ1n) is 6.30. The maximum atomic E-state index is 12.1. The Bertz CT molecular complexity index is 623. The van der Waals surface area contributed by atoms with Crippen molar-refractivity contribution in [2.45, 2.75) is 19.4 Å². The largest absolute Gasteiger partial charge is 0.398 e. The van der Waals surface area contributed by atoms with E-state index in [1.54, 1.807) is 30.3 Å². The van der Waals surface area contributed by atoms with Gasteiger partial charge in [-0.15, -0.1) is 0 Å². The van der Waals surface area contributed by atoms with Crippen LogP contribution in [-0.2, 0) is 0 Å². The van der Waals surface area contributed by atoms with Crippen molar-refractivity contribution in [3.05, 3.63) is 64.2 Å². The highest BCUT2D eigenvalue weighted by atomic mass is 35.5. The number of benzene rings is 2. The van der Waals surface area contributed by atoms with E-state index < -0.39 is 6.10 Å². The molecule has 2 rings (SSSR count). The molecule has 4 heteroatoms. The summed E-state index contributed by atoms with van der Waals surface area (Å²) in [4.78, 5) is 12.1. The molecule has 1 unspecified atom stereocenters. The van der Waals surface area contributed by atoms with Crippen molar-refractivity contribution < 1.29 is 9.90 Å². The lowest BCUT2D eigenvalue weighted by atomic mass is 9.98. The number of Topliss-reactive ketones (excluding diaryl/α,β-unsaturated/α-hetero) is 1. The molecular formula is C16H16ClNO2. The Kier molecular flexibility index (Phi) is 4.42. The molecular weight excluding hydrogens is 274 g/mol. The number of aliphatic hydroxyl groups excluding tert-OH is 1. The number of aryl methyl sites for hydroxylation is 1. The van der Waals surface area contributed by atoms with Gasteiger partial charge in [0.15, 0.2) is 5.78 Å². The van der Waals surface area contributed by atoms with Gasteiger partial charge in [0, 0.05) is 28.3 Å². The fraction of sp³-hybridized carbons (Fsp3) is 0.188. The fourth-order valence-corrected chi connectivity index (χ4v) is 2.16. The first kappa shape index (κ1) is 14.6. The molecule has 0 heterocycles. The molecule has 3 nitrogen and oxygen atoms in total. The van der Waals surface area contributed by atoms with Crippen LogP contribution in [-0.4, -0.2) is 10.9 Å². The predicted octanol–water partition coefficient (Wildman–Crippen LogP) is 3.54. The van der Waals surface area contributed by atoms with Gasteiger partial charge in [-0.2, -0.15) is 0 Å². The average Bonchev–Trinajstić information content (AvgIpc) is 2.42. The van der Waals surface area contributed by atoms with Crippen LogP contribution in [0.25, 0.3) is 0 Å². The van der Waals surface area contributed by atoms with Gasteiger partial charge in [-0.3, -0.25) is 4.79 Å². The van der Waals surface area contributed by atoms with Crippen molar-refractivity contribution in [1.82, 2.24) is 0 Å². The van der Waals surface area contributed by atoms with Crippen molar-refractivity contribution >= 4 is 23.1 Å². The second kappa shape index (κ2) is 6.07.